The maximum atomic E-state index is 13.9. The van der Waals surface area contributed by atoms with Crippen LogP contribution in [0.15, 0.2) is 60.7 Å². The highest BCUT2D eigenvalue weighted by atomic mass is 28.4. The van der Waals surface area contributed by atoms with Gasteiger partial charge in [-0.3, -0.25) is 9.69 Å². The van der Waals surface area contributed by atoms with Crippen molar-refractivity contribution < 1.29 is 14.3 Å². The number of cyclic esters (lactones) is 1. The summed E-state index contributed by atoms with van der Waals surface area (Å²) >= 11 is 0. The molecule has 3 atom stereocenters. The molecule has 2 aliphatic heterocycles. The highest BCUT2D eigenvalue weighted by Crippen LogP contribution is 2.47. The van der Waals surface area contributed by atoms with E-state index in [-0.39, 0.29) is 29.9 Å². The number of nitrogens with zero attached hydrogens (tertiary/aromatic N) is 2. The summed E-state index contributed by atoms with van der Waals surface area (Å²) < 4.78 is 5.49. The molecule has 0 bridgehead atoms. The zero-order chi connectivity index (χ0) is 23.3. The number of β-lactam (4-membered cyclic amide) rings is 1. The van der Waals surface area contributed by atoms with Crippen LogP contribution in [0.2, 0.25) is 39.3 Å². The van der Waals surface area contributed by atoms with E-state index in [0.717, 1.165) is 11.1 Å². The standard InChI is InChI=1S/C25H34N2O3Si2/c1-31(2,3)25(32(4,5)6)27-21(19-15-11-8-12-16-19)22(23(27)28)26-20(17-30-24(26)29)18-13-9-7-10-14-18/h7-16,20-22,25H,17H2,1-6H3/t20-,21-,22+/m1/s1. The van der Waals surface area contributed by atoms with Gasteiger partial charge in [-0.25, -0.2) is 4.79 Å². The van der Waals surface area contributed by atoms with Crippen molar-refractivity contribution in [1.82, 2.24) is 9.80 Å². The van der Waals surface area contributed by atoms with Gasteiger partial charge in [0.15, 0.2) is 0 Å². The Bertz CT molecular complexity index is 972. The van der Waals surface area contributed by atoms with Gasteiger partial charge < -0.3 is 9.64 Å². The number of likely N-dealkylation sites (tertiary alicyclic amines) is 1. The summed E-state index contributed by atoms with van der Waals surface area (Å²) in [5, 5.41) is 0.276. The summed E-state index contributed by atoms with van der Waals surface area (Å²) in [4.78, 5) is 30.7. The first kappa shape index (κ1) is 22.8. The summed E-state index contributed by atoms with van der Waals surface area (Å²) in [6.45, 7) is 14.4. The Hall–Kier alpha value is -2.39. The molecule has 2 heterocycles. The molecule has 0 spiro atoms. The molecule has 0 aromatic heterocycles. The molecule has 0 radical (unpaired) electrons. The van der Waals surface area contributed by atoms with Crippen molar-refractivity contribution in [1.29, 1.82) is 0 Å². The van der Waals surface area contributed by atoms with Gasteiger partial charge in [-0.2, -0.15) is 0 Å². The third kappa shape index (κ3) is 3.92. The molecule has 2 aromatic carbocycles. The molecule has 170 valence electrons. The van der Waals surface area contributed by atoms with Gasteiger partial charge in [0, 0.05) is 5.29 Å². The number of benzene rings is 2. The Balaban J connectivity index is 1.79. The van der Waals surface area contributed by atoms with Gasteiger partial charge in [0.1, 0.15) is 12.6 Å². The highest BCUT2D eigenvalue weighted by Gasteiger charge is 2.61. The Morgan fingerprint density at radius 3 is 1.78 bits per heavy atom. The van der Waals surface area contributed by atoms with Gasteiger partial charge >= 0.3 is 6.09 Å². The maximum Gasteiger partial charge on any atom is 0.411 e. The lowest BCUT2D eigenvalue weighted by Gasteiger charge is -2.59. The second kappa shape index (κ2) is 8.19. The zero-order valence-electron chi connectivity index (χ0n) is 19.9. The van der Waals surface area contributed by atoms with E-state index < -0.39 is 28.3 Å². The molecule has 0 N–H and O–H groups in total. The lowest BCUT2D eigenvalue weighted by molar-refractivity contribution is -0.158. The van der Waals surface area contributed by atoms with Crippen LogP contribution in [0.25, 0.3) is 0 Å². The average Bonchev–Trinajstić information content (AvgIpc) is 3.10. The number of amides is 2. The van der Waals surface area contributed by atoms with E-state index in [2.05, 4.69) is 56.3 Å². The summed E-state index contributed by atoms with van der Waals surface area (Å²) in [5.41, 5.74) is 2.09. The van der Waals surface area contributed by atoms with Crippen LogP contribution in [-0.4, -0.2) is 55.9 Å². The van der Waals surface area contributed by atoms with Gasteiger partial charge in [-0.05, 0) is 11.1 Å². The first-order chi connectivity index (χ1) is 15.0. The third-order valence-electron chi connectivity index (χ3n) is 6.56. The minimum atomic E-state index is -1.71. The van der Waals surface area contributed by atoms with E-state index in [9.17, 15) is 9.59 Å². The van der Waals surface area contributed by atoms with E-state index >= 15 is 0 Å². The van der Waals surface area contributed by atoms with E-state index in [1.54, 1.807) is 4.90 Å². The Morgan fingerprint density at radius 2 is 1.28 bits per heavy atom. The fraction of sp³-hybridized carbons (Fsp3) is 0.440. The van der Waals surface area contributed by atoms with Crippen molar-refractivity contribution in [2.24, 2.45) is 0 Å². The number of ether oxygens (including phenoxy) is 1. The molecule has 2 aliphatic rings. The van der Waals surface area contributed by atoms with Crippen molar-refractivity contribution in [3.63, 3.8) is 0 Å². The topological polar surface area (TPSA) is 49.9 Å². The normalized spacial score (nSPS) is 24.0. The average molecular weight is 467 g/mol. The SMILES string of the molecule is C[Si](C)(C)C(N1C(=O)[C@@H](N2C(=O)OC[C@@H]2c2ccccc2)[C@H]1c1ccccc1)[Si](C)(C)C. The monoisotopic (exact) mass is 466 g/mol. The molecule has 0 saturated carbocycles. The predicted octanol–water partition coefficient (Wildman–Crippen LogP) is 5.26. The van der Waals surface area contributed by atoms with Crippen molar-refractivity contribution in [2.75, 3.05) is 6.61 Å². The predicted molar refractivity (Wildman–Crippen MR) is 133 cm³/mol. The summed E-state index contributed by atoms with van der Waals surface area (Å²) in [6, 6.07) is 19.2. The van der Waals surface area contributed by atoms with E-state index in [1.165, 1.54) is 0 Å². The molecule has 7 heteroatoms. The first-order valence-corrected chi connectivity index (χ1v) is 18.5. The molecule has 2 saturated heterocycles. The molecular weight excluding hydrogens is 432 g/mol. The summed E-state index contributed by atoms with van der Waals surface area (Å²) in [6.07, 6.45) is -0.393. The number of rotatable bonds is 6. The van der Waals surface area contributed by atoms with Crippen LogP contribution in [0, 0.1) is 0 Å². The van der Waals surface area contributed by atoms with E-state index in [0.29, 0.717) is 0 Å². The number of hydrogen-bond acceptors (Lipinski definition) is 3. The molecule has 4 rings (SSSR count). The fourth-order valence-corrected chi connectivity index (χ4v) is 18.5. The van der Waals surface area contributed by atoms with Crippen LogP contribution in [0.1, 0.15) is 23.2 Å². The minimum absolute atomic E-state index is 0.0634. The number of carbonyl (C=O) groups is 2. The molecule has 2 fully saturated rings. The molecule has 2 amide bonds. The maximum absolute atomic E-state index is 13.9. The van der Waals surface area contributed by atoms with Gasteiger partial charge in [0.05, 0.1) is 28.2 Å². The van der Waals surface area contributed by atoms with E-state index in [4.69, 9.17) is 4.74 Å². The van der Waals surface area contributed by atoms with Gasteiger partial charge in [-0.15, -0.1) is 0 Å². The number of hydrogen-bond donors (Lipinski definition) is 0. The van der Waals surface area contributed by atoms with Gasteiger partial charge in [0.2, 0.25) is 5.91 Å². The summed E-state index contributed by atoms with van der Waals surface area (Å²) in [7, 11) is -3.41. The van der Waals surface area contributed by atoms with Crippen LogP contribution in [0.3, 0.4) is 0 Å². The molecule has 0 aliphatic carbocycles. The molecule has 32 heavy (non-hydrogen) atoms. The van der Waals surface area contributed by atoms with Crippen LogP contribution in [0.4, 0.5) is 4.79 Å². The zero-order valence-corrected chi connectivity index (χ0v) is 21.9. The van der Waals surface area contributed by atoms with Crippen molar-refractivity contribution in [2.45, 2.75) is 62.7 Å². The fourth-order valence-electron chi connectivity index (χ4n) is 5.85. The number of carbonyl (C=O) groups excluding carboxylic acids is 2. The van der Waals surface area contributed by atoms with Gasteiger partial charge in [0.25, 0.3) is 0 Å². The lowest BCUT2D eigenvalue weighted by Crippen LogP contribution is -2.76. The quantitative estimate of drug-likeness (QED) is 0.431. The largest absolute Gasteiger partial charge is 0.447 e. The van der Waals surface area contributed by atoms with Gasteiger partial charge in [-0.1, -0.05) is 99.9 Å². The van der Waals surface area contributed by atoms with Crippen molar-refractivity contribution in [3.05, 3.63) is 71.8 Å². The second-order valence-corrected chi connectivity index (χ2v) is 22.2. The van der Waals surface area contributed by atoms with Crippen LogP contribution >= 0.6 is 0 Å². The Kier molecular flexibility index (Phi) is 5.83. The molecule has 0 unspecified atom stereocenters. The van der Waals surface area contributed by atoms with Crippen LogP contribution in [0.5, 0.6) is 0 Å². The van der Waals surface area contributed by atoms with Crippen LogP contribution < -0.4 is 0 Å². The van der Waals surface area contributed by atoms with Crippen molar-refractivity contribution >= 4 is 28.1 Å². The summed E-state index contributed by atoms with van der Waals surface area (Å²) in [5.74, 6) is 0.0634. The Morgan fingerprint density at radius 1 is 0.781 bits per heavy atom. The minimum Gasteiger partial charge on any atom is -0.447 e. The molecule has 2 aromatic rings. The highest BCUT2D eigenvalue weighted by molar-refractivity contribution is 6.96. The smallest absolute Gasteiger partial charge is 0.411 e. The molecular formula is C25H34N2O3Si2. The lowest BCUT2D eigenvalue weighted by atomic mass is 9.86. The molecule has 5 nitrogen and oxygen atoms in total. The third-order valence-corrected chi connectivity index (χ3v) is 15.6. The second-order valence-electron chi connectivity index (χ2n) is 11.1. The Labute approximate surface area is 193 Å². The first-order valence-electron chi connectivity index (χ1n) is 11.4. The van der Waals surface area contributed by atoms with Crippen molar-refractivity contribution in [3.8, 4) is 0 Å². The van der Waals surface area contributed by atoms with E-state index in [1.807, 2.05) is 48.5 Å². The van der Waals surface area contributed by atoms with Crippen LogP contribution in [-0.2, 0) is 9.53 Å².